The highest BCUT2D eigenvalue weighted by Gasteiger charge is 2.26. The zero-order valence-electron chi connectivity index (χ0n) is 17.3. The number of carbonyl (C=O) groups is 1. The lowest BCUT2D eigenvalue weighted by Gasteiger charge is -2.33. The molecule has 2 fully saturated rings. The molecule has 2 aliphatic heterocycles. The molecule has 1 amide bonds. The molecular weight excluding hydrogens is 362 g/mol. The summed E-state index contributed by atoms with van der Waals surface area (Å²) in [5.74, 6) is 1.08. The topological polar surface area (TPSA) is 61.4 Å². The molecule has 1 aromatic carbocycles. The molecule has 4 rings (SSSR count). The number of hydrogen-bond donors (Lipinski definition) is 1. The fourth-order valence-corrected chi connectivity index (χ4v) is 4.29. The number of amides is 1. The molecule has 154 valence electrons. The van der Waals surface area contributed by atoms with E-state index in [9.17, 15) is 4.79 Å². The van der Waals surface area contributed by atoms with Gasteiger partial charge in [-0.1, -0.05) is 30.3 Å². The van der Waals surface area contributed by atoms with Crippen molar-refractivity contribution < 1.29 is 4.79 Å². The van der Waals surface area contributed by atoms with Crippen molar-refractivity contribution in [2.45, 2.75) is 45.1 Å². The predicted molar refractivity (Wildman–Crippen MR) is 116 cm³/mol. The molecule has 0 spiro atoms. The van der Waals surface area contributed by atoms with Gasteiger partial charge in [-0.05, 0) is 44.6 Å². The Labute approximate surface area is 173 Å². The van der Waals surface area contributed by atoms with Crippen molar-refractivity contribution in [1.82, 2.24) is 15.3 Å². The second-order valence-corrected chi connectivity index (χ2v) is 8.19. The minimum Gasteiger partial charge on any atom is -0.369 e. The van der Waals surface area contributed by atoms with Gasteiger partial charge >= 0.3 is 0 Å². The van der Waals surface area contributed by atoms with Gasteiger partial charge in [0.25, 0.3) is 0 Å². The van der Waals surface area contributed by atoms with Crippen molar-refractivity contribution in [2.24, 2.45) is 5.92 Å². The molecule has 2 aliphatic rings. The van der Waals surface area contributed by atoms with E-state index >= 15 is 0 Å². The number of nitrogens with zero attached hydrogens (tertiary/aromatic N) is 4. The first-order valence-electron chi connectivity index (χ1n) is 10.9. The Morgan fingerprint density at radius 2 is 1.62 bits per heavy atom. The SMILES string of the molecule is C[C@@H](NC(=O)C1CCN(c2cnc(N3CCCCC3)nc2)CC1)c1ccccc1. The number of aromatic nitrogens is 2. The van der Waals surface area contributed by atoms with Gasteiger partial charge in [-0.15, -0.1) is 0 Å². The van der Waals surface area contributed by atoms with Crippen LogP contribution in [0.25, 0.3) is 0 Å². The van der Waals surface area contributed by atoms with Crippen molar-refractivity contribution in [1.29, 1.82) is 0 Å². The van der Waals surface area contributed by atoms with E-state index in [1.54, 1.807) is 0 Å². The molecule has 0 radical (unpaired) electrons. The number of rotatable bonds is 5. The molecule has 2 saturated heterocycles. The second-order valence-electron chi connectivity index (χ2n) is 8.19. The van der Waals surface area contributed by atoms with Crippen LogP contribution in [0.1, 0.15) is 50.6 Å². The Bertz CT molecular complexity index is 781. The lowest BCUT2D eigenvalue weighted by atomic mass is 9.95. The molecule has 2 aromatic rings. The molecule has 1 atom stereocenters. The third kappa shape index (κ3) is 4.86. The van der Waals surface area contributed by atoms with Gasteiger partial charge in [0.15, 0.2) is 0 Å². The molecule has 0 bridgehead atoms. The summed E-state index contributed by atoms with van der Waals surface area (Å²) in [6.07, 6.45) is 9.36. The van der Waals surface area contributed by atoms with Crippen LogP contribution in [0.4, 0.5) is 11.6 Å². The summed E-state index contributed by atoms with van der Waals surface area (Å²) in [6.45, 7) is 5.89. The van der Waals surface area contributed by atoms with E-state index in [0.717, 1.165) is 56.2 Å². The lowest BCUT2D eigenvalue weighted by molar-refractivity contribution is -0.126. The molecular formula is C23H31N5O. The molecule has 0 saturated carbocycles. The highest BCUT2D eigenvalue weighted by Crippen LogP contribution is 2.25. The first kappa shape index (κ1) is 19.7. The quantitative estimate of drug-likeness (QED) is 0.842. The summed E-state index contributed by atoms with van der Waals surface area (Å²) >= 11 is 0. The third-order valence-electron chi connectivity index (χ3n) is 6.15. The van der Waals surface area contributed by atoms with Crippen LogP contribution in [0.3, 0.4) is 0 Å². The fourth-order valence-electron chi connectivity index (χ4n) is 4.29. The number of anilines is 2. The van der Waals surface area contributed by atoms with E-state index in [4.69, 9.17) is 0 Å². The van der Waals surface area contributed by atoms with Gasteiger partial charge in [0.05, 0.1) is 24.1 Å². The van der Waals surface area contributed by atoms with E-state index in [1.807, 2.05) is 37.5 Å². The number of benzene rings is 1. The highest BCUT2D eigenvalue weighted by molar-refractivity contribution is 5.79. The van der Waals surface area contributed by atoms with Crippen LogP contribution in [0.15, 0.2) is 42.7 Å². The van der Waals surface area contributed by atoms with Crippen LogP contribution in [-0.2, 0) is 4.79 Å². The number of piperidine rings is 2. The highest BCUT2D eigenvalue weighted by atomic mass is 16.1. The van der Waals surface area contributed by atoms with Crippen LogP contribution >= 0.6 is 0 Å². The molecule has 1 N–H and O–H groups in total. The van der Waals surface area contributed by atoms with E-state index in [1.165, 1.54) is 19.3 Å². The van der Waals surface area contributed by atoms with Crippen LogP contribution in [0.2, 0.25) is 0 Å². The Morgan fingerprint density at radius 3 is 2.28 bits per heavy atom. The fraction of sp³-hybridized carbons (Fsp3) is 0.522. The lowest BCUT2D eigenvalue weighted by Crippen LogP contribution is -2.41. The van der Waals surface area contributed by atoms with Gasteiger partial charge in [-0.3, -0.25) is 4.79 Å². The van der Waals surface area contributed by atoms with Gasteiger partial charge in [-0.25, -0.2) is 9.97 Å². The zero-order chi connectivity index (χ0) is 20.1. The number of nitrogens with one attached hydrogen (secondary N) is 1. The van der Waals surface area contributed by atoms with Crippen LogP contribution in [0.5, 0.6) is 0 Å². The van der Waals surface area contributed by atoms with E-state index in [-0.39, 0.29) is 17.9 Å². The maximum atomic E-state index is 12.7. The molecule has 29 heavy (non-hydrogen) atoms. The van der Waals surface area contributed by atoms with Crippen molar-refractivity contribution in [3.63, 3.8) is 0 Å². The molecule has 6 heteroatoms. The summed E-state index contributed by atoms with van der Waals surface area (Å²) < 4.78 is 0. The first-order chi connectivity index (χ1) is 14.2. The average molecular weight is 394 g/mol. The number of carbonyl (C=O) groups excluding carboxylic acids is 1. The average Bonchev–Trinajstić information content (AvgIpc) is 2.80. The van der Waals surface area contributed by atoms with Gasteiger partial charge in [0.2, 0.25) is 11.9 Å². The molecule has 1 aromatic heterocycles. The Balaban J connectivity index is 1.28. The number of hydrogen-bond acceptors (Lipinski definition) is 5. The van der Waals surface area contributed by atoms with E-state index < -0.39 is 0 Å². The van der Waals surface area contributed by atoms with Crippen molar-refractivity contribution in [3.8, 4) is 0 Å². The minimum absolute atomic E-state index is 0.0393. The normalized spacial score (nSPS) is 19.1. The van der Waals surface area contributed by atoms with Crippen molar-refractivity contribution in [2.75, 3.05) is 36.0 Å². The van der Waals surface area contributed by atoms with Gasteiger partial charge in [0, 0.05) is 32.1 Å². The Kier molecular flexibility index (Phi) is 6.27. The van der Waals surface area contributed by atoms with E-state index in [2.05, 4.69) is 37.2 Å². The maximum absolute atomic E-state index is 12.7. The van der Waals surface area contributed by atoms with Gasteiger partial charge in [0.1, 0.15) is 0 Å². The second kappa shape index (κ2) is 9.25. The molecule has 0 aliphatic carbocycles. The summed E-state index contributed by atoms with van der Waals surface area (Å²) in [5, 5.41) is 3.18. The summed E-state index contributed by atoms with van der Waals surface area (Å²) in [4.78, 5) is 26.5. The van der Waals surface area contributed by atoms with Crippen molar-refractivity contribution >= 4 is 17.5 Å². The Hall–Kier alpha value is -2.63. The minimum atomic E-state index is 0.0393. The maximum Gasteiger partial charge on any atom is 0.225 e. The standard InChI is InChI=1S/C23H31N5O/c1-18(19-8-4-2-5-9-19)26-22(29)20-10-14-27(15-11-20)21-16-24-23(25-17-21)28-12-6-3-7-13-28/h2,4-5,8-9,16-18,20H,3,6-7,10-15H2,1H3,(H,26,29)/t18-/m1/s1. The monoisotopic (exact) mass is 393 g/mol. The van der Waals surface area contributed by atoms with Crippen molar-refractivity contribution in [3.05, 3.63) is 48.3 Å². The first-order valence-corrected chi connectivity index (χ1v) is 10.9. The van der Waals surface area contributed by atoms with Crippen LogP contribution in [-0.4, -0.2) is 42.1 Å². The van der Waals surface area contributed by atoms with Gasteiger partial charge < -0.3 is 15.1 Å². The zero-order valence-corrected chi connectivity index (χ0v) is 17.3. The third-order valence-corrected chi connectivity index (χ3v) is 6.15. The van der Waals surface area contributed by atoms with Crippen LogP contribution in [0, 0.1) is 5.92 Å². The van der Waals surface area contributed by atoms with Crippen LogP contribution < -0.4 is 15.1 Å². The molecule has 3 heterocycles. The predicted octanol–water partition coefficient (Wildman–Crippen LogP) is 3.56. The summed E-state index contributed by atoms with van der Waals surface area (Å²) in [6, 6.07) is 10.2. The Morgan fingerprint density at radius 1 is 0.966 bits per heavy atom. The summed E-state index contributed by atoms with van der Waals surface area (Å²) in [7, 11) is 0. The smallest absolute Gasteiger partial charge is 0.225 e. The summed E-state index contributed by atoms with van der Waals surface area (Å²) in [5.41, 5.74) is 2.20. The van der Waals surface area contributed by atoms with Gasteiger partial charge in [-0.2, -0.15) is 0 Å². The molecule has 6 nitrogen and oxygen atoms in total. The van der Waals surface area contributed by atoms with E-state index in [0.29, 0.717) is 0 Å². The molecule has 0 unspecified atom stereocenters. The largest absolute Gasteiger partial charge is 0.369 e.